The molecule has 4 aromatic rings. The fraction of sp³-hybridized carbons (Fsp3) is 0.0476. The summed E-state index contributed by atoms with van der Waals surface area (Å²) in [6.07, 6.45) is -3.17. The maximum Gasteiger partial charge on any atom is 0.416 e. The molecule has 1 N–H and O–H groups in total. The molecule has 0 aliphatic rings. The highest BCUT2D eigenvalue weighted by molar-refractivity contribution is 5.77. The number of benzene rings is 3. The highest BCUT2D eigenvalue weighted by Gasteiger charge is 2.30. The van der Waals surface area contributed by atoms with Crippen LogP contribution in [0, 0.1) is 11.6 Å². The molecule has 0 bridgehead atoms. The van der Waals surface area contributed by atoms with Gasteiger partial charge in [0.15, 0.2) is 17.5 Å². The van der Waals surface area contributed by atoms with Crippen LogP contribution in [0.3, 0.4) is 0 Å². The van der Waals surface area contributed by atoms with Gasteiger partial charge in [0.05, 0.1) is 11.3 Å². The summed E-state index contributed by atoms with van der Waals surface area (Å²) >= 11 is 0. The fourth-order valence-corrected chi connectivity index (χ4v) is 2.85. The predicted molar refractivity (Wildman–Crippen MR) is 101 cm³/mol. The summed E-state index contributed by atoms with van der Waals surface area (Å²) in [5, 5.41) is 7.24. The van der Waals surface area contributed by atoms with Crippen LogP contribution in [-0.4, -0.2) is 14.8 Å². The van der Waals surface area contributed by atoms with E-state index in [1.807, 2.05) is 0 Å². The van der Waals surface area contributed by atoms with E-state index in [0.717, 1.165) is 24.3 Å². The van der Waals surface area contributed by atoms with Crippen LogP contribution >= 0.6 is 0 Å². The van der Waals surface area contributed by atoms with Crippen LogP contribution in [0.25, 0.3) is 17.1 Å². The van der Waals surface area contributed by atoms with E-state index in [4.69, 9.17) is 0 Å². The molecule has 0 aliphatic heterocycles. The first-order valence-corrected chi connectivity index (χ1v) is 8.72. The lowest BCUT2D eigenvalue weighted by Crippen LogP contribution is -2.06. The molecule has 0 aliphatic carbocycles. The molecule has 0 atom stereocenters. The first kappa shape index (κ1) is 19.6. The Kier molecular flexibility index (Phi) is 4.94. The van der Waals surface area contributed by atoms with Crippen LogP contribution in [0.15, 0.2) is 73.1 Å². The second-order valence-electron chi connectivity index (χ2n) is 6.36. The lowest BCUT2D eigenvalue weighted by atomic mass is 10.1. The Morgan fingerprint density at radius 3 is 2.40 bits per heavy atom. The summed E-state index contributed by atoms with van der Waals surface area (Å²) < 4.78 is 66.8. The number of rotatable bonds is 4. The van der Waals surface area contributed by atoms with Gasteiger partial charge in [0.25, 0.3) is 0 Å². The molecule has 0 spiro atoms. The predicted octanol–water partition coefficient (Wildman–Crippen LogP) is 5.97. The molecule has 152 valence electrons. The summed E-state index contributed by atoms with van der Waals surface area (Å²) in [5.41, 5.74) is 0.781. The molecule has 3 aromatic carbocycles. The summed E-state index contributed by atoms with van der Waals surface area (Å²) in [6.45, 7) is 0. The summed E-state index contributed by atoms with van der Waals surface area (Å²) in [5.74, 6) is -1.71. The Morgan fingerprint density at radius 2 is 1.63 bits per heavy atom. The van der Waals surface area contributed by atoms with E-state index >= 15 is 0 Å². The number of aromatic nitrogens is 3. The van der Waals surface area contributed by atoms with Crippen molar-refractivity contribution in [2.24, 2.45) is 0 Å². The van der Waals surface area contributed by atoms with Crippen LogP contribution in [0.5, 0.6) is 0 Å². The standard InChI is InChI=1S/C21H13F5N4/c22-17-9-8-14(11-18(17)23)28-19-7-2-1-6-16(19)20-27-12-30(29-20)15-5-3-4-13(10-15)21(24,25)26/h1-12,28H. The molecular formula is C21H13F5N4. The summed E-state index contributed by atoms with van der Waals surface area (Å²) in [4.78, 5) is 4.19. The third kappa shape index (κ3) is 4.00. The second-order valence-corrected chi connectivity index (χ2v) is 6.36. The van der Waals surface area contributed by atoms with E-state index in [1.54, 1.807) is 24.3 Å². The SMILES string of the molecule is Fc1ccc(Nc2ccccc2-c2ncn(-c3cccc(C(F)(F)F)c3)n2)cc1F. The zero-order valence-electron chi connectivity index (χ0n) is 15.2. The van der Waals surface area contributed by atoms with Crippen molar-refractivity contribution < 1.29 is 22.0 Å². The first-order valence-electron chi connectivity index (χ1n) is 8.72. The van der Waals surface area contributed by atoms with Crippen molar-refractivity contribution in [3.63, 3.8) is 0 Å². The van der Waals surface area contributed by atoms with Crippen molar-refractivity contribution in [3.8, 4) is 17.1 Å². The van der Waals surface area contributed by atoms with E-state index < -0.39 is 23.4 Å². The van der Waals surface area contributed by atoms with Crippen molar-refractivity contribution in [1.29, 1.82) is 0 Å². The number of nitrogens with zero attached hydrogens (tertiary/aromatic N) is 3. The van der Waals surface area contributed by atoms with Gasteiger partial charge >= 0.3 is 6.18 Å². The van der Waals surface area contributed by atoms with E-state index in [1.165, 1.54) is 29.2 Å². The smallest absolute Gasteiger partial charge is 0.355 e. The van der Waals surface area contributed by atoms with E-state index in [2.05, 4.69) is 15.4 Å². The molecule has 30 heavy (non-hydrogen) atoms. The van der Waals surface area contributed by atoms with Gasteiger partial charge in [-0.15, -0.1) is 5.10 Å². The van der Waals surface area contributed by atoms with Gasteiger partial charge in [0.2, 0.25) is 0 Å². The van der Waals surface area contributed by atoms with Crippen molar-refractivity contribution in [3.05, 3.63) is 90.3 Å². The van der Waals surface area contributed by atoms with Crippen LogP contribution < -0.4 is 5.32 Å². The Bertz CT molecular complexity index is 1200. The highest BCUT2D eigenvalue weighted by atomic mass is 19.4. The normalized spacial score (nSPS) is 11.5. The Hall–Kier alpha value is -3.75. The maximum atomic E-state index is 13.5. The summed E-state index contributed by atoms with van der Waals surface area (Å²) in [6, 6.07) is 15.0. The number of hydrogen-bond acceptors (Lipinski definition) is 3. The van der Waals surface area contributed by atoms with Crippen LogP contribution in [-0.2, 0) is 6.18 Å². The topological polar surface area (TPSA) is 42.7 Å². The molecule has 0 saturated heterocycles. The molecule has 0 radical (unpaired) electrons. The third-order valence-electron chi connectivity index (χ3n) is 4.30. The fourth-order valence-electron chi connectivity index (χ4n) is 2.85. The monoisotopic (exact) mass is 416 g/mol. The van der Waals surface area contributed by atoms with Gasteiger partial charge in [-0.05, 0) is 42.5 Å². The largest absolute Gasteiger partial charge is 0.416 e. The van der Waals surface area contributed by atoms with Crippen LogP contribution in [0.2, 0.25) is 0 Å². The minimum Gasteiger partial charge on any atom is -0.355 e. The lowest BCUT2D eigenvalue weighted by molar-refractivity contribution is -0.137. The lowest BCUT2D eigenvalue weighted by Gasteiger charge is -2.10. The average Bonchev–Trinajstić information content (AvgIpc) is 3.21. The van der Waals surface area contributed by atoms with Gasteiger partial charge in [0.1, 0.15) is 6.33 Å². The minimum atomic E-state index is -4.47. The molecule has 0 amide bonds. The van der Waals surface area contributed by atoms with Crippen molar-refractivity contribution in [2.45, 2.75) is 6.18 Å². The van der Waals surface area contributed by atoms with Crippen LogP contribution in [0.4, 0.5) is 33.3 Å². The van der Waals surface area contributed by atoms with Crippen molar-refractivity contribution in [2.75, 3.05) is 5.32 Å². The Morgan fingerprint density at radius 1 is 0.833 bits per heavy atom. The van der Waals surface area contributed by atoms with Gasteiger partial charge in [-0.2, -0.15) is 13.2 Å². The number of anilines is 2. The molecule has 4 nitrogen and oxygen atoms in total. The van der Waals surface area contributed by atoms with Gasteiger partial charge in [-0.1, -0.05) is 18.2 Å². The number of halogens is 5. The molecule has 0 unspecified atom stereocenters. The molecule has 1 heterocycles. The Labute approximate surface area is 167 Å². The third-order valence-corrected chi connectivity index (χ3v) is 4.30. The molecular weight excluding hydrogens is 403 g/mol. The van der Waals surface area contributed by atoms with E-state index in [-0.39, 0.29) is 11.5 Å². The van der Waals surface area contributed by atoms with Crippen molar-refractivity contribution in [1.82, 2.24) is 14.8 Å². The highest BCUT2D eigenvalue weighted by Crippen LogP contribution is 2.31. The number of alkyl halides is 3. The van der Waals surface area contributed by atoms with Crippen LogP contribution in [0.1, 0.15) is 5.56 Å². The molecule has 1 aromatic heterocycles. The van der Waals surface area contributed by atoms with Gasteiger partial charge < -0.3 is 5.32 Å². The quantitative estimate of drug-likeness (QED) is 0.417. The summed E-state index contributed by atoms with van der Waals surface area (Å²) in [7, 11) is 0. The van der Waals surface area contributed by atoms with E-state index in [0.29, 0.717) is 16.9 Å². The Balaban J connectivity index is 1.67. The minimum absolute atomic E-state index is 0.203. The first-order chi connectivity index (χ1) is 14.3. The zero-order valence-corrected chi connectivity index (χ0v) is 15.2. The van der Waals surface area contributed by atoms with Crippen molar-refractivity contribution >= 4 is 11.4 Å². The number of para-hydroxylation sites is 1. The van der Waals surface area contributed by atoms with Gasteiger partial charge in [-0.3, -0.25) is 0 Å². The average molecular weight is 416 g/mol. The second kappa shape index (κ2) is 7.58. The number of nitrogens with one attached hydrogen (secondary N) is 1. The zero-order chi connectivity index (χ0) is 21.3. The molecule has 0 saturated carbocycles. The number of hydrogen-bond donors (Lipinski definition) is 1. The molecule has 9 heteroatoms. The maximum absolute atomic E-state index is 13.5. The van der Waals surface area contributed by atoms with E-state index in [9.17, 15) is 22.0 Å². The van der Waals surface area contributed by atoms with Gasteiger partial charge in [0, 0.05) is 23.0 Å². The molecule has 4 rings (SSSR count). The van der Waals surface area contributed by atoms with Gasteiger partial charge in [-0.25, -0.2) is 18.4 Å². The molecule has 0 fully saturated rings.